The van der Waals surface area contributed by atoms with E-state index < -0.39 is 0 Å². The van der Waals surface area contributed by atoms with E-state index in [1.807, 2.05) is 26.0 Å². The van der Waals surface area contributed by atoms with Gasteiger partial charge in [-0.25, -0.2) is 5.01 Å². The fourth-order valence-electron chi connectivity index (χ4n) is 1.71. The molecule has 0 spiro atoms. The van der Waals surface area contributed by atoms with E-state index in [9.17, 15) is 4.79 Å². The number of nitrogen functional groups attached to an aromatic ring is 1. The van der Waals surface area contributed by atoms with Crippen molar-refractivity contribution in [2.75, 3.05) is 26.4 Å². The van der Waals surface area contributed by atoms with Gasteiger partial charge in [-0.15, -0.1) is 0 Å². The summed E-state index contributed by atoms with van der Waals surface area (Å²) in [4.78, 5) is 13.2. The number of hydrogen-bond donors (Lipinski definition) is 1. The van der Waals surface area contributed by atoms with Gasteiger partial charge in [0.25, 0.3) is 0 Å². The molecule has 0 aromatic heterocycles. The number of rotatable bonds is 3. The second-order valence-corrected chi connectivity index (χ2v) is 5.52. The zero-order chi connectivity index (χ0) is 13.3. The minimum absolute atomic E-state index is 0.0712. The topological polar surface area (TPSA) is 49.6 Å². The molecule has 0 amide bonds. The number of anilines is 1. The van der Waals surface area contributed by atoms with Crippen LogP contribution >= 0.6 is 11.9 Å². The lowest BCUT2D eigenvalue weighted by Crippen LogP contribution is -2.29. The third kappa shape index (κ3) is 2.58. The molecule has 0 saturated heterocycles. The van der Waals surface area contributed by atoms with Crippen molar-refractivity contribution in [1.29, 1.82) is 0 Å². The predicted molar refractivity (Wildman–Crippen MR) is 75.9 cm³/mol. The molecule has 18 heavy (non-hydrogen) atoms. The van der Waals surface area contributed by atoms with Crippen LogP contribution in [0.1, 0.15) is 17.3 Å². The van der Waals surface area contributed by atoms with Crippen LogP contribution < -0.4 is 5.73 Å². The van der Waals surface area contributed by atoms with Crippen LogP contribution in [0.25, 0.3) is 0 Å². The van der Waals surface area contributed by atoms with Crippen molar-refractivity contribution >= 4 is 23.4 Å². The van der Waals surface area contributed by atoms with E-state index in [0.29, 0.717) is 11.3 Å². The normalized spacial score (nSPS) is 16.7. The first kappa shape index (κ1) is 13.1. The Morgan fingerprint density at radius 3 is 2.44 bits per heavy atom. The molecule has 1 aromatic carbocycles. The molecule has 0 unspecified atom stereocenters. The highest BCUT2D eigenvalue weighted by Gasteiger charge is 2.27. The quantitative estimate of drug-likeness (QED) is 0.514. The first-order valence-electron chi connectivity index (χ1n) is 5.72. The second kappa shape index (κ2) is 5.14. The SMILES string of the molecule is CC1=C(C(=O)c2ccc(N)cc2)SN(N(C)C)C1. The molecule has 1 aliphatic rings. The van der Waals surface area contributed by atoms with Gasteiger partial charge in [-0.2, -0.15) is 4.41 Å². The van der Waals surface area contributed by atoms with Gasteiger partial charge in [-0.1, -0.05) is 0 Å². The van der Waals surface area contributed by atoms with Gasteiger partial charge in [0, 0.05) is 31.9 Å². The number of carbonyl (C=O) groups is 1. The smallest absolute Gasteiger partial charge is 0.200 e. The first-order valence-corrected chi connectivity index (χ1v) is 6.49. The minimum Gasteiger partial charge on any atom is -0.399 e. The highest BCUT2D eigenvalue weighted by molar-refractivity contribution is 8.02. The Kier molecular flexibility index (Phi) is 3.75. The van der Waals surface area contributed by atoms with Crippen LogP contribution in [0.4, 0.5) is 5.69 Å². The minimum atomic E-state index is 0.0712. The van der Waals surface area contributed by atoms with Crippen molar-refractivity contribution in [1.82, 2.24) is 9.42 Å². The van der Waals surface area contributed by atoms with E-state index in [2.05, 4.69) is 4.41 Å². The average Bonchev–Trinajstić information content (AvgIpc) is 2.71. The summed E-state index contributed by atoms with van der Waals surface area (Å²) in [6.45, 7) is 2.79. The summed E-state index contributed by atoms with van der Waals surface area (Å²) in [6.07, 6.45) is 0. The molecule has 1 aromatic rings. The number of benzene rings is 1. The molecule has 0 atom stereocenters. The van der Waals surface area contributed by atoms with E-state index in [1.165, 1.54) is 11.9 Å². The van der Waals surface area contributed by atoms with Gasteiger partial charge in [0.1, 0.15) is 0 Å². The molecular weight excluding hydrogens is 246 g/mol. The number of allylic oxidation sites excluding steroid dienone is 1. The van der Waals surface area contributed by atoms with E-state index >= 15 is 0 Å². The molecule has 1 aliphatic heterocycles. The molecule has 0 bridgehead atoms. The van der Waals surface area contributed by atoms with Gasteiger partial charge in [-0.3, -0.25) is 4.79 Å². The zero-order valence-corrected chi connectivity index (χ0v) is 11.6. The molecule has 2 rings (SSSR count). The zero-order valence-electron chi connectivity index (χ0n) is 10.8. The Morgan fingerprint density at radius 1 is 1.33 bits per heavy atom. The number of nitrogens with zero attached hydrogens (tertiary/aromatic N) is 2. The Balaban J connectivity index is 2.20. The van der Waals surface area contributed by atoms with Crippen LogP contribution in [0.3, 0.4) is 0 Å². The number of ketones is 1. The van der Waals surface area contributed by atoms with Crippen molar-refractivity contribution in [3.8, 4) is 0 Å². The molecular formula is C13H17N3OS. The van der Waals surface area contributed by atoms with Gasteiger partial charge in [0.05, 0.1) is 4.91 Å². The fraction of sp³-hybridized carbons (Fsp3) is 0.308. The summed E-state index contributed by atoms with van der Waals surface area (Å²) in [5, 5.41) is 1.98. The van der Waals surface area contributed by atoms with E-state index in [1.54, 1.807) is 24.3 Å². The lowest BCUT2D eigenvalue weighted by atomic mass is 10.1. The molecule has 0 saturated carbocycles. The highest BCUT2D eigenvalue weighted by atomic mass is 32.2. The van der Waals surface area contributed by atoms with Crippen molar-refractivity contribution in [3.05, 3.63) is 40.3 Å². The number of nitrogens with two attached hydrogens (primary N) is 1. The summed E-state index contributed by atoms with van der Waals surface area (Å²) in [5.74, 6) is 0.0712. The summed E-state index contributed by atoms with van der Waals surface area (Å²) >= 11 is 1.49. The van der Waals surface area contributed by atoms with Gasteiger partial charge in [0.15, 0.2) is 0 Å². The predicted octanol–water partition coefficient (Wildman–Crippen LogP) is 2.17. The van der Waals surface area contributed by atoms with Crippen LogP contribution in [-0.2, 0) is 0 Å². The lowest BCUT2D eigenvalue weighted by molar-refractivity contribution is 0.104. The molecule has 1 heterocycles. The van der Waals surface area contributed by atoms with E-state index in [0.717, 1.165) is 17.0 Å². The molecule has 0 fully saturated rings. The average molecular weight is 263 g/mol. The Labute approximate surface area is 112 Å². The third-order valence-electron chi connectivity index (χ3n) is 2.78. The molecule has 2 N–H and O–H groups in total. The van der Waals surface area contributed by atoms with Gasteiger partial charge < -0.3 is 5.73 Å². The standard InChI is InChI=1S/C13H17N3OS/c1-9-8-16(15(2)3)18-13(9)12(17)10-4-6-11(14)7-5-10/h4-7H,8,14H2,1-3H3. The maximum Gasteiger partial charge on any atom is 0.200 e. The number of carbonyl (C=O) groups excluding carboxylic acids is 1. The second-order valence-electron chi connectivity index (χ2n) is 4.51. The number of hydrogen-bond acceptors (Lipinski definition) is 5. The lowest BCUT2D eigenvalue weighted by Gasteiger charge is -2.21. The van der Waals surface area contributed by atoms with Crippen molar-refractivity contribution < 1.29 is 4.79 Å². The molecule has 4 nitrogen and oxygen atoms in total. The monoisotopic (exact) mass is 263 g/mol. The Bertz CT molecular complexity index is 493. The largest absolute Gasteiger partial charge is 0.399 e. The highest BCUT2D eigenvalue weighted by Crippen LogP contribution is 2.35. The van der Waals surface area contributed by atoms with Crippen molar-refractivity contribution in [3.63, 3.8) is 0 Å². The van der Waals surface area contributed by atoms with Crippen LogP contribution in [-0.4, -0.2) is 35.8 Å². The van der Waals surface area contributed by atoms with E-state index in [-0.39, 0.29) is 5.78 Å². The summed E-state index contributed by atoms with van der Waals surface area (Å²) in [7, 11) is 3.94. The molecule has 0 radical (unpaired) electrons. The summed E-state index contributed by atoms with van der Waals surface area (Å²) in [6, 6.07) is 7.06. The maximum absolute atomic E-state index is 12.4. The first-order chi connectivity index (χ1) is 8.49. The van der Waals surface area contributed by atoms with Crippen molar-refractivity contribution in [2.45, 2.75) is 6.92 Å². The summed E-state index contributed by atoms with van der Waals surface area (Å²) in [5.41, 5.74) is 8.09. The van der Waals surface area contributed by atoms with Gasteiger partial charge >= 0.3 is 0 Å². The summed E-state index contributed by atoms with van der Waals surface area (Å²) < 4.78 is 2.06. The number of Topliss-reactive ketones (excluding diaryl/α,β-unsaturated/α-hetero) is 1. The Morgan fingerprint density at radius 2 is 1.94 bits per heavy atom. The third-order valence-corrected chi connectivity index (χ3v) is 4.16. The van der Waals surface area contributed by atoms with Gasteiger partial charge in [-0.05, 0) is 48.7 Å². The fourth-order valence-corrected chi connectivity index (χ4v) is 2.77. The van der Waals surface area contributed by atoms with Crippen LogP contribution in [0.5, 0.6) is 0 Å². The number of hydrazine groups is 1. The van der Waals surface area contributed by atoms with Crippen LogP contribution in [0, 0.1) is 0 Å². The van der Waals surface area contributed by atoms with Crippen LogP contribution in [0.2, 0.25) is 0 Å². The van der Waals surface area contributed by atoms with E-state index in [4.69, 9.17) is 5.73 Å². The molecule has 5 heteroatoms. The van der Waals surface area contributed by atoms with Crippen LogP contribution in [0.15, 0.2) is 34.7 Å². The molecule has 0 aliphatic carbocycles. The van der Waals surface area contributed by atoms with Crippen molar-refractivity contribution in [2.24, 2.45) is 0 Å². The maximum atomic E-state index is 12.4. The Hall–Kier alpha value is -1.30. The molecule has 96 valence electrons. The van der Waals surface area contributed by atoms with Gasteiger partial charge in [0.2, 0.25) is 5.78 Å².